The summed E-state index contributed by atoms with van der Waals surface area (Å²) in [5.74, 6) is 1.59. The van der Waals surface area contributed by atoms with Gasteiger partial charge in [-0.3, -0.25) is 0 Å². The summed E-state index contributed by atoms with van der Waals surface area (Å²) in [5.41, 5.74) is 2.53. The van der Waals surface area contributed by atoms with Gasteiger partial charge in [-0.05, 0) is 30.3 Å². The van der Waals surface area contributed by atoms with Gasteiger partial charge < -0.3 is 9.40 Å². The second-order valence-electron chi connectivity index (χ2n) is 5.00. The van der Waals surface area contributed by atoms with E-state index < -0.39 is 0 Å². The van der Waals surface area contributed by atoms with Crippen molar-refractivity contribution < 1.29 is 4.42 Å². The average molecular weight is 345 g/mol. The molecule has 0 bridgehead atoms. The Morgan fingerprint density at radius 3 is 2.74 bits per heavy atom. The third-order valence-electron chi connectivity index (χ3n) is 3.39. The van der Waals surface area contributed by atoms with Crippen molar-refractivity contribution in [3.63, 3.8) is 0 Å². The lowest BCUT2D eigenvalue weighted by molar-refractivity contribution is 0.515. The van der Waals surface area contributed by atoms with Crippen molar-refractivity contribution >= 4 is 34.2 Å². The predicted octanol–water partition coefficient (Wildman–Crippen LogP) is 4.51. The number of para-hydroxylation sites is 2. The summed E-state index contributed by atoms with van der Waals surface area (Å²) in [6, 6.07) is 12.9. The van der Waals surface area contributed by atoms with Crippen molar-refractivity contribution in [3.8, 4) is 11.5 Å². The number of nitrogens with one attached hydrogen (secondary N) is 1. The van der Waals surface area contributed by atoms with Crippen LogP contribution >= 0.6 is 23.2 Å². The first-order chi connectivity index (χ1) is 11.2. The zero-order valence-corrected chi connectivity index (χ0v) is 13.3. The third-order valence-corrected chi connectivity index (χ3v) is 3.93. The second-order valence-corrected chi connectivity index (χ2v) is 5.85. The largest absolute Gasteiger partial charge is 0.420 e. The third kappa shape index (κ3) is 2.81. The zero-order valence-electron chi connectivity index (χ0n) is 11.8. The van der Waals surface area contributed by atoms with E-state index in [1.807, 2.05) is 24.3 Å². The second kappa shape index (κ2) is 5.68. The number of rotatable bonds is 3. The summed E-state index contributed by atoms with van der Waals surface area (Å²) < 4.78 is 5.68. The van der Waals surface area contributed by atoms with Crippen molar-refractivity contribution in [3.05, 3.63) is 64.2 Å². The Kier molecular flexibility index (Phi) is 3.52. The van der Waals surface area contributed by atoms with Crippen LogP contribution in [-0.2, 0) is 6.42 Å². The van der Waals surface area contributed by atoms with Crippen LogP contribution in [0.25, 0.3) is 22.5 Å². The van der Waals surface area contributed by atoms with Crippen LogP contribution in [0.15, 0.2) is 46.9 Å². The molecule has 114 valence electrons. The van der Waals surface area contributed by atoms with Crippen LogP contribution < -0.4 is 0 Å². The Bertz CT molecular complexity index is 960. The summed E-state index contributed by atoms with van der Waals surface area (Å²) in [6.45, 7) is 0. The summed E-state index contributed by atoms with van der Waals surface area (Å²) in [6.07, 6.45) is 0.424. The number of halogens is 2. The number of fused-ring (bicyclic) bond motifs is 1. The number of benzene rings is 2. The lowest BCUT2D eigenvalue weighted by Crippen LogP contribution is -1.90. The fraction of sp³-hybridized carbons (Fsp3) is 0.0625. The number of hydrogen-bond acceptors (Lipinski definition) is 4. The molecule has 0 fully saturated rings. The van der Waals surface area contributed by atoms with Gasteiger partial charge >= 0.3 is 0 Å². The molecule has 0 unspecified atom stereocenters. The van der Waals surface area contributed by atoms with Crippen LogP contribution in [-0.4, -0.2) is 20.2 Å². The zero-order chi connectivity index (χ0) is 15.8. The number of nitrogens with zero attached hydrogens (tertiary/aromatic N) is 3. The van der Waals surface area contributed by atoms with Gasteiger partial charge in [0.2, 0.25) is 11.8 Å². The Hall–Kier alpha value is -2.37. The molecule has 1 N–H and O–H groups in total. The molecule has 0 aliphatic rings. The van der Waals surface area contributed by atoms with E-state index in [-0.39, 0.29) is 0 Å². The molecule has 5 nitrogen and oxygen atoms in total. The molecule has 23 heavy (non-hydrogen) atoms. The molecule has 0 saturated heterocycles. The van der Waals surface area contributed by atoms with Crippen LogP contribution in [0.3, 0.4) is 0 Å². The monoisotopic (exact) mass is 344 g/mol. The van der Waals surface area contributed by atoms with Crippen LogP contribution in [0, 0.1) is 0 Å². The first-order valence-electron chi connectivity index (χ1n) is 6.90. The normalized spacial score (nSPS) is 11.2. The first kappa shape index (κ1) is 14.2. The van der Waals surface area contributed by atoms with Gasteiger partial charge in [-0.1, -0.05) is 35.3 Å². The molecule has 0 aliphatic carbocycles. The van der Waals surface area contributed by atoms with E-state index in [0.29, 0.717) is 33.8 Å². The SMILES string of the molecule is Clc1ccc(-c2nnc(Cc3nc4ccccc4[nH]3)o2)c(Cl)c1. The van der Waals surface area contributed by atoms with E-state index in [4.69, 9.17) is 27.6 Å². The van der Waals surface area contributed by atoms with Gasteiger partial charge in [-0.2, -0.15) is 0 Å². The highest BCUT2D eigenvalue weighted by Gasteiger charge is 2.14. The summed E-state index contributed by atoms with van der Waals surface area (Å²) >= 11 is 12.0. The van der Waals surface area contributed by atoms with Crippen LogP contribution in [0.1, 0.15) is 11.7 Å². The fourth-order valence-electron chi connectivity index (χ4n) is 2.33. The van der Waals surface area contributed by atoms with E-state index >= 15 is 0 Å². The van der Waals surface area contributed by atoms with Crippen molar-refractivity contribution in [2.45, 2.75) is 6.42 Å². The topological polar surface area (TPSA) is 67.6 Å². The quantitative estimate of drug-likeness (QED) is 0.593. The van der Waals surface area contributed by atoms with Gasteiger partial charge in [0.1, 0.15) is 5.82 Å². The number of H-pyrrole nitrogens is 1. The predicted molar refractivity (Wildman–Crippen MR) is 88.7 cm³/mol. The van der Waals surface area contributed by atoms with Gasteiger partial charge in [0.15, 0.2) is 0 Å². The minimum atomic E-state index is 0.359. The van der Waals surface area contributed by atoms with Crippen LogP contribution in [0.4, 0.5) is 0 Å². The Morgan fingerprint density at radius 1 is 1.04 bits per heavy atom. The minimum Gasteiger partial charge on any atom is -0.420 e. The van der Waals surface area contributed by atoms with Gasteiger partial charge in [0.25, 0.3) is 0 Å². The summed E-state index contributed by atoms with van der Waals surface area (Å²) in [5, 5.41) is 9.12. The van der Waals surface area contributed by atoms with E-state index in [1.165, 1.54) is 0 Å². The van der Waals surface area contributed by atoms with Crippen LogP contribution in [0.5, 0.6) is 0 Å². The van der Waals surface area contributed by atoms with Gasteiger partial charge in [-0.25, -0.2) is 4.98 Å². The number of aromatic nitrogens is 4. The van der Waals surface area contributed by atoms with Crippen molar-refractivity contribution in [1.82, 2.24) is 20.2 Å². The lowest BCUT2D eigenvalue weighted by Gasteiger charge is -1.98. The maximum Gasteiger partial charge on any atom is 0.249 e. The lowest BCUT2D eigenvalue weighted by atomic mass is 10.2. The molecule has 0 spiro atoms. The van der Waals surface area contributed by atoms with E-state index in [2.05, 4.69) is 20.2 Å². The number of aromatic amines is 1. The van der Waals surface area contributed by atoms with Gasteiger partial charge in [-0.15, -0.1) is 10.2 Å². The standard InChI is InChI=1S/C16H10Cl2N4O/c17-9-5-6-10(11(18)7-9)16-22-21-15(23-16)8-14-19-12-3-1-2-4-13(12)20-14/h1-7H,8H2,(H,19,20). The highest BCUT2D eigenvalue weighted by atomic mass is 35.5. The molecule has 4 rings (SSSR count). The highest BCUT2D eigenvalue weighted by Crippen LogP contribution is 2.29. The molecule has 0 amide bonds. The fourth-order valence-corrected chi connectivity index (χ4v) is 2.82. The van der Waals surface area contributed by atoms with Crippen molar-refractivity contribution in [2.75, 3.05) is 0 Å². The highest BCUT2D eigenvalue weighted by molar-refractivity contribution is 6.36. The summed E-state index contributed by atoms with van der Waals surface area (Å²) in [7, 11) is 0. The van der Waals surface area contributed by atoms with E-state index in [9.17, 15) is 0 Å². The van der Waals surface area contributed by atoms with Gasteiger partial charge in [0, 0.05) is 5.02 Å². The van der Waals surface area contributed by atoms with E-state index in [0.717, 1.165) is 16.9 Å². The first-order valence-corrected chi connectivity index (χ1v) is 7.66. The van der Waals surface area contributed by atoms with Crippen molar-refractivity contribution in [2.24, 2.45) is 0 Å². The minimum absolute atomic E-state index is 0.359. The summed E-state index contributed by atoms with van der Waals surface area (Å²) in [4.78, 5) is 7.72. The molecule has 0 radical (unpaired) electrons. The number of imidazole rings is 1. The maximum absolute atomic E-state index is 6.16. The molecule has 2 aromatic heterocycles. The molecule has 0 atom stereocenters. The van der Waals surface area contributed by atoms with Crippen LogP contribution in [0.2, 0.25) is 10.0 Å². The molecule has 7 heteroatoms. The average Bonchev–Trinajstić information content (AvgIpc) is 3.13. The molecule has 0 saturated carbocycles. The molecule has 0 aliphatic heterocycles. The van der Waals surface area contributed by atoms with Crippen molar-refractivity contribution in [1.29, 1.82) is 0 Å². The Balaban J connectivity index is 1.62. The smallest absolute Gasteiger partial charge is 0.249 e. The Morgan fingerprint density at radius 2 is 1.91 bits per heavy atom. The number of hydrogen-bond donors (Lipinski definition) is 1. The Labute approximate surface area is 141 Å². The van der Waals surface area contributed by atoms with E-state index in [1.54, 1.807) is 18.2 Å². The molecular formula is C16H10Cl2N4O. The van der Waals surface area contributed by atoms with Gasteiger partial charge in [0.05, 0.1) is 28.0 Å². The molecular weight excluding hydrogens is 335 g/mol. The molecule has 4 aromatic rings. The molecule has 2 heterocycles. The molecule has 2 aromatic carbocycles. The maximum atomic E-state index is 6.16.